The molecule has 0 bridgehead atoms. The van der Waals surface area contributed by atoms with Crippen LogP contribution >= 0.6 is 0 Å². The van der Waals surface area contributed by atoms with Gasteiger partial charge in [-0.1, -0.05) is 18.7 Å². The Kier molecular flexibility index (Phi) is 4.99. The summed E-state index contributed by atoms with van der Waals surface area (Å²) in [4.78, 5) is 12.1. The summed E-state index contributed by atoms with van der Waals surface area (Å²) < 4.78 is 10.5. The molecule has 108 valence electrons. The molecule has 2 rings (SSSR count). The Bertz CT molecular complexity index is 620. The molecular formula is C17H17NO3. The van der Waals surface area contributed by atoms with Crippen molar-refractivity contribution in [3.05, 3.63) is 66.7 Å². The van der Waals surface area contributed by atoms with Crippen molar-refractivity contribution in [3.63, 3.8) is 0 Å². The summed E-state index contributed by atoms with van der Waals surface area (Å²) in [5.74, 6) is 1.22. The van der Waals surface area contributed by atoms with Gasteiger partial charge in [0.2, 0.25) is 0 Å². The van der Waals surface area contributed by atoms with E-state index in [1.54, 1.807) is 43.5 Å². The summed E-state index contributed by atoms with van der Waals surface area (Å²) in [6.45, 7) is 4.02. The molecule has 4 nitrogen and oxygen atoms in total. The molecule has 0 radical (unpaired) electrons. The first kappa shape index (κ1) is 14.7. The van der Waals surface area contributed by atoms with Crippen molar-refractivity contribution >= 4 is 11.6 Å². The van der Waals surface area contributed by atoms with Gasteiger partial charge in [0.05, 0.1) is 7.11 Å². The molecule has 2 aromatic carbocycles. The van der Waals surface area contributed by atoms with Gasteiger partial charge in [0.15, 0.2) is 0 Å². The molecular weight excluding hydrogens is 266 g/mol. The number of methoxy groups -OCH3 is 1. The highest BCUT2D eigenvalue weighted by Gasteiger charge is 2.06. The SMILES string of the molecule is C=CCOc1ccc(C(=O)Nc2cccc(OC)c2)cc1. The molecule has 4 heteroatoms. The van der Waals surface area contributed by atoms with Gasteiger partial charge in [0.25, 0.3) is 5.91 Å². The topological polar surface area (TPSA) is 47.6 Å². The molecule has 0 saturated heterocycles. The van der Waals surface area contributed by atoms with Crippen molar-refractivity contribution in [2.24, 2.45) is 0 Å². The normalized spacial score (nSPS) is 9.76. The summed E-state index contributed by atoms with van der Waals surface area (Å²) in [6.07, 6.45) is 1.67. The van der Waals surface area contributed by atoms with E-state index in [1.165, 1.54) is 0 Å². The van der Waals surface area contributed by atoms with E-state index in [0.29, 0.717) is 29.4 Å². The Morgan fingerprint density at radius 2 is 1.95 bits per heavy atom. The maximum Gasteiger partial charge on any atom is 0.255 e. The van der Waals surface area contributed by atoms with Crippen LogP contribution < -0.4 is 14.8 Å². The minimum absolute atomic E-state index is 0.182. The third-order valence-electron chi connectivity index (χ3n) is 2.81. The van der Waals surface area contributed by atoms with Crippen LogP contribution in [0.1, 0.15) is 10.4 Å². The first-order valence-electron chi connectivity index (χ1n) is 6.52. The first-order chi connectivity index (χ1) is 10.2. The van der Waals surface area contributed by atoms with Crippen LogP contribution in [0.2, 0.25) is 0 Å². The van der Waals surface area contributed by atoms with Crippen LogP contribution in [0.4, 0.5) is 5.69 Å². The van der Waals surface area contributed by atoms with Crippen LogP contribution in [0.25, 0.3) is 0 Å². The highest BCUT2D eigenvalue weighted by atomic mass is 16.5. The van der Waals surface area contributed by atoms with Gasteiger partial charge in [-0.05, 0) is 36.4 Å². The number of anilines is 1. The maximum absolute atomic E-state index is 12.1. The van der Waals surface area contributed by atoms with E-state index in [2.05, 4.69) is 11.9 Å². The zero-order valence-corrected chi connectivity index (χ0v) is 11.8. The minimum Gasteiger partial charge on any atom is -0.497 e. The first-order valence-corrected chi connectivity index (χ1v) is 6.52. The quantitative estimate of drug-likeness (QED) is 0.825. The predicted molar refractivity (Wildman–Crippen MR) is 83.1 cm³/mol. The van der Waals surface area contributed by atoms with Crippen LogP contribution in [0.3, 0.4) is 0 Å². The maximum atomic E-state index is 12.1. The third-order valence-corrected chi connectivity index (χ3v) is 2.81. The van der Waals surface area contributed by atoms with Gasteiger partial charge >= 0.3 is 0 Å². The molecule has 0 saturated carbocycles. The number of carbonyl (C=O) groups is 1. The summed E-state index contributed by atoms with van der Waals surface area (Å²) in [5.41, 5.74) is 1.25. The molecule has 0 fully saturated rings. The highest BCUT2D eigenvalue weighted by Crippen LogP contribution is 2.18. The van der Waals surface area contributed by atoms with Gasteiger partial charge in [-0.2, -0.15) is 0 Å². The number of nitrogens with one attached hydrogen (secondary N) is 1. The lowest BCUT2D eigenvalue weighted by Crippen LogP contribution is -2.11. The largest absolute Gasteiger partial charge is 0.497 e. The standard InChI is InChI=1S/C17H17NO3/c1-3-11-21-15-9-7-13(8-10-15)17(19)18-14-5-4-6-16(12-14)20-2/h3-10,12H,1,11H2,2H3,(H,18,19). The molecule has 2 aromatic rings. The zero-order chi connectivity index (χ0) is 15.1. The Balaban J connectivity index is 2.03. The number of amides is 1. The average molecular weight is 283 g/mol. The van der Waals surface area contributed by atoms with E-state index in [-0.39, 0.29) is 5.91 Å². The molecule has 0 spiro atoms. The van der Waals surface area contributed by atoms with Gasteiger partial charge in [-0.25, -0.2) is 0 Å². The van der Waals surface area contributed by atoms with Crippen LogP contribution in [0.5, 0.6) is 11.5 Å². The fourth-order valence-corrected chi connectivity index (χ4v) is 1.76. The van der Waals surface area contributed by atoms with Gasteiger partial charge in [0.1, 0.15) is 18.1 Å². The summed E-state index contributed by atoms with van der Waals surface area (Å²) in [5, 5.41) is 2.82. The summed E-state index contributed by atoms with van der Waals surface area (Å²) >= 11 is 0. The Morgan fingerprint density at radius 1 is 1.19 bits per heavy atom. The van der Waals surface area contributed by atoms with Crippen LogP contribution in [-0.4, -0.2) is 19.6 Å². The number of hydrogen-bond acceptors (Lipinski definition) is 3. The van der Waals surface area contributed by atoms with E-state index in [1.807, 2.05) is 18.2 Å². The van der Waals surface area contributed by atoms with Crippen molar-refractivity contribution in [2.45, 2.75) is 0 Å². The lowest BCUT2D eigenvalue weighted by atomic mass is 10.2. The minimum atomic E-state index is -0.182. The van der Waals surface area contributed by atoms with Gasteiger partial charge < -0.3 is 14.8 Å². The van der Waals surface area contributed by atoms with Crippen LogP contribution in [0.15, 0.2) is 61.2 Å². The second-order valence-corrected chi connectivity index (χ2v) is 4.31. The molecule has 0 heterocycles. The fraction of sp³-hybridized carbons (Fsp3) is 0.118. The van der Waals surface area contributed by atoms with Crippen LogP contribution in [0, 0.1) is 0 Å². The Hall–Kier alpha value is -2.75. The number of benzene rings is 2. The molecule has 0 aliphatic heterocycles. The van der Waals surface area contributed by atoms with E-state index in [9.17, 15) is 4.79 Å². The second-order valence-electron chi connectivity index (χ2n) is 4.31. The van der Waals surface area contributed by atoms with Gasteiger partial charge in [-0.15, -0.1) is 0 Å². The van der Waals surface area contributed by atoms with E-state index in [0.717, 1.165) is 0 Å². The summed E-state index contributed by atoms with van der Waals surface area (Å²) in [6, 6.07) is 14.2. The smallest absolute Gasteiger partial charge is 0.255 e. The Labute approximate surface area is 124 Å². The molecule has 0 aliphatic carbocycles. The lowest BCUT2D eigenvalue weighted by molar-refractivity contribution is 0.102. The highest BCUT2D eigenvalue weighted by molar-refractivity contribution is 6.04. The number of carbonyl (C=O) groups excluding carboxylic acids is 1. The lowest BCUT2D eigenvalue weighted by Gasteiger charge is -2.08. The zero-order valence-electron chi connectivity index (χ0n) is 11.8. The Morgan fingerprint density at radius 3 is 2.62 bits per heavy atom. The second kappa shape index (κ2) is 7.14. The van der Waals surface area contributed by atoms with E-state index < -0.39 is 0 Å². The number of hydrogen-bond donors (Lipinski definition) is 1. The van der Waals surface area contributed by atoms with Crippen LogP contribution in [-0.2, 0) is 0 Å². The van der Waals surface area contributed by atoms with E-state index in [4.69, 9.17) is 9.47 Å². The molecule has 1 N–H and O–H groups in total. The average Bonchev–Trinajstić information content (AvgIpc) is 2.53. The molecule has 21 heavy (non-hydrogen) atoms. The van der Waals surface area contributed by atoms with E-state index >= 15 is 0 Å². The predicted octanol–water partition coefficient (Wildman–Crippen LogP) is 3.51. The monoisotopic (exact) mass is 283 g/mol. The molecule has 0 aliphatic rings. The van der Waals surface area contributed by atoms with Crippen molar-refractivity contribution in [1.29, 1.82) is 0 Å². The van der Waals surface area contributed by atoms with Gasteiger partial charge in [0, 0.05) is 17.3 Å². The summed E-state index contributed by atoms with van der Waals surface area (Å²) in [7, 11) is 1.59. The molecule has 0 unspecified atom stereocenters. The number of ether oxygens (including phenoxy) is 2. The van der Waals surface area contributed by atoms with Gasteiger partial charge in [-0.3, -0.25) is 4.79 Å². The molecule has 0 aromatic heterocycles. The van der Waals surface area contributed by atoms with Crippen molar-refractivity contribution in [3.8, 4) is 11.5 Å². The van der Waals surface area contributed by atoms with Crippen molar-refractivity contribution < 1.29 is 14.3 Å². The molecule has 0 atom stereocenters. The fourth-order valence-electron chi connectivity index (χ4n) is 1.76. The molecule has 1 amide bonds. The van der Waals surface area contributed by atoms with Crippen molar-refractivity contribution in [1.82, 2.24) is 0 Å². The number of rotatable bonds is 6. The third kappa shape index (κ3) is 4.11. The van der Waals surface area contributed by atoms with Crippen molar-refractivity contribution in [2.75, 3.05) is 19.0 Å².